The zero-order valence-corrected chi connectivity index (χ0v) is 16.3. The highest BCUT2D eigenvalue weighted by Crippen LogP contribution is 2.22. The van der Waals surface area contributed by atoms with Crippen LogP contribution in [-0.2, 0) is 11.3 Å². The van der Waals surface area contributed by atoms with Gasteiger partial charge in [0, 0.05) is 6.04 Å². The van der Waals surface area contributed by atoms with Crippen molar-refractivity contribution < 1.29 is 13.6 Å². The molecule has 2 aromatic rings. The first-order valence-corrected chi connectivity index (χ1v) is 9.10. The zero-order valence-electron chi connectivity index (χ0n) is 16.3. The SMILES string of the molecule is Cc1ccc(CN(CC(=O)NC(c2ccc(F)cc2)C(C)C)C(C)C)o1. The third kappa shape index (κ3) is 5.70. The van der Waals surface area contributed by atoms with Gasteiger partial charge in [0.15, 0.2) is 0 Å². The minimum Gasteiger partial charge on any atom is -0.465 e. The number of hydrogen-bond donors (Lipinski definition) is 1. The minimum atomic E-state index is -0.276. The molecule has 0 aliphatic rings. The Morgan fingerprint density at radius 2 is 1.77 bits per heavy atom. The first-order chi connectivity index (χ1) is 12.3. The number of carbonyl (C=O) groups excluding carboxylic acids is 1. The number of nitrogens with one attached hydrogen (secondary N) is 1. The zero-order chi connectivity index (χ0) is 19.3. The predicted octanol–water partition coefficient (Wildman–Crippen LogP) is 4.45. The monoisotopic (exact) mass is 360 g/mol. The van der Waals surface area contributed by atoms with Gasteiger partial charge >= 0.3 is 0 Å². The summed E-state index contributed by atoms with van der Waals surface area (Å²) in [6, 6.07) is 10.2. The molecule has 1 aromatic heterocycles. The number of hydrogen-bond acceptors (Lipinski definition) is 3. The molecule has 0 fully saturated rings. The van der Waals surface area contributed by atoms with E-state index in [9.17, 15) is 9.18 Å². The lowest BCUT2D eigenvalue weighted by Crippen LogP contribution is -2.42. The smallest absolute Gasteiger partial charge is 0.234 e. The van der Waals surface area contributed by atoms with Gasteiger partial charge in [-0.15, -0.1) is 0 Å². The van der Waals surface area contributed by atoms with E-state index in [1.807, 2.05) is 32.9 Å². The van der Waals surface area contributed by atoms with Crippen LogP contribution < -0.4 is 5.32 Å². The van der Waals surface area contributed by atoms with Crippen LogP contribution in [-0.4, -0.2) is 23.4 Å². The van der Waals surface area contributed by atoms with Crippen molar-refractivity contribution in [1.82, 2.24) is 10.2 Å². The van der Waals surface area contributed by atoms with E-state index >= 15 is 0 Å². The summed E-state index contributed by atoms with van der Waals surface area (Å²) >= 11 is 0. The van der Waals surface area contributed by atoms with Crippen LogP contribution in [0.3, 0.4) is 0 Å². The Balaban J connectivity index is 2.03. The van der Waals surface area contributed by atoms with Gasteiger partial charge in [-0.2, -0.15) is 0 Å². The number of rotatable bonds is 8. The van der Waals surface area contributed by atoms with Gasteiger partial charge in [-0.05, 0) is 56.5 Å². The largest absolute Gasteiger partial charge is 0.465 e. The highest BCUT2D eigenvalue weighted by Gasteiger charge is 2.21. The van der Waals surface area contributed by atoms with Crippen LogP contribution in [0.15, 0.2) is 40.8 Å². The molecule has 1 heterocycles. The number of carbonyl (C=O) groups is 1. The standard InChI is InChI=1S/C21H29FN2O2/c1-14(2)21(17-7-9-18(22)10-8-17)23-20(25)13-24(15(3)4)12-19-11-6-16(5)26-19/h6-11,14-15,21H,12-13H2,1-5H3,(H,23,25). The van der Waals surface area contributed by atoms with E-state index in [2.05, 4.69) is 24.1 Å². The number of aryl methyl sites for hydroxylation is 1. The highest BCUT2D eigenvalue weighted by atomic mass is 19.1. The topological polar surface area (TPSA) is 45.5 Å². The van der Waals surface area contributed by atoms with Gasteiger partial charge in [0.2, 0.25) is 5.91 Å². The second-order valence-electron chi connectivity index (χ2n) is 7.35. The fourth-order valence-electron chi connectivity index (χ4n) is 2.90. The fraction of sp³-hybridized carbons (Fsp3) is 0.476. The molecule has 0 saturated carbocycles. The molecule has 1 atom stereocenters. The molecule has 0 aliphatic heterocycles. The van der Waals surface area contributed by atoms with Gasteiger partial charge in [0.05, 0.1) is 19.1 Å². The molecule has 0 aliphatic carbocycles. The maximum Gasteiger partial charge on any atom is 0.234 e. The molecule has 26 heavy (non-hydrogen) atoms. The van der Waals surface area contributed by atoms with Crippen molar-refractivity contribution in [1.29, 1.82) is 0 Å². The lowest BCUT2D eigenvalue weighted by Gasteiger charge is -2.28. The van der Waals surface area contributed by atoms with Gasteiger partial charge < -0.3 is 9.73 Å². The van der Waals surface area contributed by atoms with Crippen molar-refractivity contribution in [2.75, 3.05) is 6.54 Å². The highest BCUT2D eigenvalue weighted by molar-refractivity contribution is 5.78. The summed E-state index contributed by atoms with van der Waals surface area (Å²) in [5, 5.41) is 3.09. The Kier molecular flexibility index (Phi) is 6.98. The Morgan fingerprint density at radius 3 is 2.27 bits per heavy atom. The van der Waals surface area contributed by atoms with E-state index < -0.39 is 0 Å². The molecule has 0 saturated heterocycles. The summed E-state index contributed by atoms with van der Waals surface area (Å²) in [6.07, 6.45) is 0. The van der Waals surface area contributed by atoms with Crippen molar-refractivity contribution >= 4 is 5.91 Å². The van der Waals surface area contributed by atoms with Crippen molar-refractivity contribution in [3.8, 4) is 0 Å². The minimum absolute atomic E-state index is 0.0509. The molecule has 1 amide bonds. The number of halogens is 1. The second kappa shape index (κ2) is 8.99. The number of amides is 1. The van der Waals surface area contributed by atoms with Crippen molar-refractivity contribution in [2.45, 2.75) is 53.2 Å². The maximum atomic E-state index is 13.2. The molecule has 0 bridgehead atoms. The Hall–Kier alpha value is -2.14. The lowest BCUT2D eigenvalue weighted by molar-refractivity contribution is -0.124. The van der Waals surface area contributed by atoms with Crippen LogP contribution in [0.2, 0.25) is 0 Å². The summed E-state index contributed by atoms with van der Waals surface area (Å²) in [6.45, 7) is 11.0. The van der Waals surface area contributed by atoms with Gasteiger partial charge in [0.25, 0.3) is 0 Å². The third-order valence-electron chi connectivity index (χ3n) is 4.44. The molecular weight excluding hydrogens is 331 g/mol. The lowest BCUT2D eigenvalue weighted by atomic mass is 9.96. The summed E-state index contributed by atoms with van der Waals surface area (Å²) in [7, 11) is 0. The molecule has 0 spiro atoms. The predicted molar refractivity (Wildman–Crippen MR) is 101 cm³/mol. The first-order valence-electron chi connectivity index (χ1n) is 9.10. The molecule has 2 rings (SSSR count). The first kappa shape index (κ1) is 20.2. The van der Waals surface area contributed by atoms with Crippen LogP contribution in [0.4, 0.5) is 4.39 Å². The number of nitrogens with zero attached hydrogens (tertiary/aromatic N) is 1. The average Bonchev–Trinajstić information content (AvgIpc) is 2.97. The fourth-order valence-corrected chi connectivity index (χ4v) is 2.90. The van der Waals surface area contributed by atoms with Gasteiger partial charge in [-0.25, -0.2) is 4.39 Å². The van der Waals surface area contributed by atoms with Crippen LogP contribution in [0.5, 0.6) is 0 Å². The average molecular weight is 360 g/mol. The van der Waals surface area contributed by atoms with Gasteiger partial charge in [-0.3, -0.25) is 9.69 Å². The van der Waals surface area contributed by atoms with E-state index in [1.165, 1.54) is 12.1 Å². The van der Waals surface area contributed by atoms with Crippen LogP contribution in [0.25, 0.3) is 0 Å². The Labute approximate surface area is 155 Å². The van der Waals surface area contributed by atoms with E-state index in [-0.39, 0.29) is 36.3 Å². The molecule has 1 aromatic carbocycles. The van der Waals surface area contributed by atoms with Crippen LogP contribution in [0.1, 0.15) is 50.8 Å². The molecular formula is C21H29FN2O2. The summed E-state index contributed by atoms with van der Waals surface area (Å²) in [5.74, 6) is 1.59. The quantitative estimate of drug-likeness (QED) is 0.756. The molecule has 4 nitrogen and oxygen atoms in total. The van der Waals surface area contributed by atoms with Crippen molar-refractivity contribution in [3.05, 3.63) is 59.3 Å². The molecule has 142 valence electrons. The van der Waals surface area contributed by atoms with Crippen molar-refractivity contribution in [2.24, 2.45) is 5.92 Å². The van der Waals surface area contributed by atoms with E-state index in [0.717, 1.165) is 17.1 Å². The Morgan fingerprint density at radius 1 is 1.12 bits per heavy atom. The number of furan rings is 1. The van der Waals surface area contributed by atoms with Crippen molar-refractivity contribution in [3.63, 3.8) is 0 Å². The second-order valence-corrected chi connectivity index (χ2v) is 7.35. The third-order valence-corrected chi connectivity index (χ3v) is 4.44. The van der Waals surface area contributed by atoms with E-state index in [1.54, 1.807) is 12.1 Å². The van der Waals surface area contributed by atoms with Gasteiger partial charge in [0.1, 0.15) is 17.3 Å². The molecule has 0 radical (unpaired) electrons. The molecule has 1 unspecified atom stereocenters. The molecule has 5 heteroatoms. The summed E-state index contributed by atoms with van der Waals surface area (Å²) in [4.78, 5) is 14.7. The van der Waals surface area contributed by atoms with Crippen LogP contribution in [0, 0.1) is 18.7 Å². The van der Waals surface area contributed by atoms with E-state index in [4.69, 9.17) is 4.42 Å². The Bertz CT molecular complexity index is 707. The maximum absolute atomic E-state index is 13.2. The molecule has 1 N–H and O–H groups in total. The summed E-state index contributed by atoms with van der Waals surface area (Å²) < 4.78 is 18.8. The van der Waals surface area contributed by atoms with E-state index in [0.29, 0.717) is 6.54 Å². The summed E-state index contributed by atoms with van der Waals surface area (Å²) in [5.41, 5.74) is 0.910. The van der Waals surface area contributed by atoms with Crippen LogP contribution >= 0.6 is 0 Å². The number of benzene rings is 1. The normalized spacial score (nSPS) is 12.8. The van der Waals surface area contributed by atoms with Gasteiger partial charge in [-0.1, -0.05) is 26.0 Å².